The van der Waals surface area contributed by atoms with Crippen molar-refractivity contribution in [1.82, 2.24) is 5.32 Å². The van der Waals surface area contributed by atoms with Crippen molar-refractivity contribution in [2.45, 2.75) is 40.2 Å². The predicted molar refractivity (Wildman–Crippen MR) is 67.6 cm³/mol. The summed E-state index contributed by atoms with van der Waals surface area (Å²) in [6.45, 7) is 8.34. The Balaban J connectivity index is 2.66. The molecule has 1 aromatic carbocycles. The quantitative estimate of drug-likeness (QED) is 0.828. The summed E-state index contributed by atoms with van der Waals surface area (Å²) in [6, 6.07) is 8.00. The lowest BCUT2D eigenvalue weighted by Crippen LogP contribution is -2.36. The van der Waals surface area contributed by atoms with Gasteiger partial charge in [-0.25, -0.2) is 0 Å². The Kier molecular flexibility index (Phi) is 4.53. The van der Waals surface area contributed by atoms with Gasteiger partial charge in [0.25, 0.3) is 5.91 Å². The van der Waals surface area contributed by atoms with Crippen molar-refractivity contribution in [1.29, 1.82) is 0 Å². The number of hydrogen-bond acceptors (Lipinski definition) is 1. The van der Waals surface area contributed by atoms with Gasteiger partial charge in [0.1, 0.15) is 0 Å². The van der Waals surface area contributed by atoms with Crippen molar-refractivity contribution in [2.75, 3.05) is 0 Å². The predicted octanol–water partition coefficient (Wildman–Crippen LogP) is 3.02. The third-order valence-corrected chi connectivity index (χ3v) is 2.98. The van der Waals surface area contributed by atoms with Crippen molar-refractivity contribution in [3.05, 3.63) is 35.4 Å². The Morgan fingerprint density at radius 2 is 1.75 bits per heavy atom. The number of nitrogens with one attached hydrogen (secondary N) is 1. The van der Waals surface area contributed by atoms with E-state index in [0.717, 1.165) is 12.0 Å². The molecule has 16 heavy (non-hydrogen) atoms. The lowest BCUT2D eigenvalue weighted by atomic mass is 10.1. The molecule has 0 aliphatic heterocycles. The van der Waals surface area contributed by atoms with E-state index in [1.807, 2.05) is 31.2 Å². The smallest absolute Gasteiger partial charge is 0.251 e. The average molecular weight is 219 g/mol. The van der Waals surface area contributed by atoms with Gasteiger partial charge in [-0.3, -0.25) is 4.79 Å². The molecule has 2 nitrogen and oxygen atoms in total. The Bertz CT molecular complexity index is 340. The molecule has 0 spiro atoms. The highest BCUT2D eigenvalue weighted by Crippen LogP contribution is 2.07. The minimum atomic E-state index is 0.0175. The van der Waals surface area contributed by atoms with E-state index < -0.39 is 0 Å². The lowest BCUT2D eigenvalue weighted by Gasteiger charge is -2.17. The van der Waals surface area contributed by atoms with Crippen molar-refractivity contribution >= 4 is 5.91 Å². The van der Waals surface area contributed by atoms with Crippen LogP contribution in [0.5, 0.6) is 0 Å². The number of hydrogen-bond donors (Lipinski definition) is 1. The zero-order valence-corrected chi connectivity index (χ0v) is 10.6. The summed E-state index contributed by atoms with van der Waals surface area (Å²) in [5.74, 6) is 0.475. The first kappa shape index (κ1) is 12.8. The highest BCUT2D eigenvalue weighted by Gasteiger charge is 2.11. The molecule has 0 heterocycles. The van der Waals surface area contributed by atoms with Crippen LogP contribution in [-0.4, -0.2) is 11.9 Å². The average Bonchev–Trinajstić information content (AvgIpc) is 2.28. The van der Waals surface area contributed by atoms with Crippen LogP contribution in [-0.2, 0) is 6.42 Å². The van der Waals surface area contributed by atoms with E-state index in [-0.39, 0.29) is 11.9 Å². The van der Waals surface area contributed by atoms with Crippen LogP contribution in [0.2, 0.25) is 0 Å². The van der Waals surface area contributed by atoms with Crippen LogP contribution in [0.25, 0.3) is 0 Å². The molecule has 0 aliphatic rings. The molecule has 0 radical (unpaired) electrons. The summed E-state index contributed by atoms with van der Waals surface area (Å²) in [7, 11) is 0. The largest absolute Gasteiger partial charge is 0.349 e. The molecular formula is C14H21NO. The van der Waals surface area contributed by atoms with Crippen LogP contribution >= 0.6 is 0 Å². The number of benzene rings is 1. The van der Waals surface area contributed by atoms with E-state index in [1.165, 1.54) is 5.56 Å². The third kappa shape index (κ3) is 3.37. The van der Waals surface area contributed by atoms with Crippen molar-refractivity contribution in [2.24, 2.45) is 5.92 Å². The number of rotatable bonds is 4. The van der Waals surface area contributed by atoms with E-state index in [4.69, 9.17) is 0 Å². The zero-order chi connectivity index (χ0) is 12.1. The fraction of sp³-hybridized carbons (Fsp3) is 0.500. The second kappa shape index (κ2) is 5.69. The van der Waals surface area contributed by atoms with E-state index in [1.54, 1.807) is 0 Å². The third-order valence-electron chi connectivity index (χ3n) is 2.98. The molecule has 2 heteroatoms. The topological polar surface area (TPSA) is 29.1 Å². The summed E-state index contributed by atoms with van der Waals surface area (Å²) < 4.78 is 0. The maximum Gasteiger partial charge on any atom is 0.251 e. The van der Waals surface area contributed by atoms with E-state index in [2.05, 4.69) is 26.1 Å². The number of carbonyl (C=O) groups excluding carboxylic acids is 1. The van der Waals surface area contributed by atoms with Gasteiger partial charge in [-0.2, -0.15) is 0 Å². The first-order valence-electron chi connectivity index (χ1n) is 5.94. The van der Waals surface area contributed by atoms with Gasteiger partial charge in [0.2, 0.25) is 0 Å². The van der Waals surface area contributed by atoms with E-state index in [0.29, 0.717) is 5.92 Å². The molecule has 88 valence electrons. The van der Waals surface area contributed by atoms with Crippen LogP contribution in [0, 0.1) is 5.92 Å². The van der Waals surface area contributed by atoms with Gasteiger partial charge in [-0.05, 0) is 37.0 Å². The molecule has 0 saturated carbocycles. The zero-order valence-electron chi connectivity index (χ0n) is 10.6. The summed E-state index contributed by atoms with van der Waals surface area (Å²) in [4.78, 5) is 11.8. The first-order valence-corrected chi connectivity index (χ1v) is 5.94. The Hall–Kier alpha value is -1.31. The molecule has 1 unspecified atom stereocenters. The van der Waals surface area contributed by atoms with Crippen molar-refractivity contribution in [3.63, 3.8) is 0 Å². The normalized spacial score (nSPS) is 12.6. The SMILES string of the molecule is CCc1ccc(C(=O)NC(C)C(C)C)cc1. The van der Waals surface area contributed by atoms with Gasteiger partial charge in [0.15, 0.2) is 0 Å². The summed E-state index contributed by atoms with van der Waals surface area (Å²) >= 11 is 0. The minimum absolute atomic E-state index is 0.0175. The van der Waals surface area contributed by atoms with Crippen LogP contribution in [0.15, 0.2) is 24.3 Å². The molecule has 1 aromatic rings. The molecule has 0 fully saturated rings. The summed E-state index contributed by atoms with van der Waals surface area (Å²) in [5.41, 5.74) is 2.00. The maximum atomic E-state index is 11.8. The number of carbonyl (C=O) groups is 1. The number of aryl methyl sites for hydroxylation is 1. The molecular weight excluding hydrogens is 198 g/mol. The van der Waals surface area contributed by atoms with E-state index >= 15 is 0 Å². The van der Waals surface area contributed by atoms with Crippen molar-refractivity contribution < 1.29 is 4.79 Å². The van der Waals surface area contributed by atoms with Crippen LogP contribution < -0.4 is 5.32 Å². The molecule has 1 atom stereocenters. The highest BCUT2D eigenvalue weighted by molar-refractivity contribution is 5.94. The van der Waals surface area contributed by atoms with Gasteiger partial charge >= 0.3 is 0 Å². The minimum Gasteiger partial charge on any atom is -0.349 e. The van der Waals surface area contributed by atoms with Gasteiger partial charge in [-0.15, -0.1) is 0 Å². The van der Waals surface area contributed by atoms with Gasteiger partial charge in [-0.1, -0.05) is 32.9 Å². The van der Waals surface area contributed by atoms with Gasteiger partial charge in [0, 0.05) is 11.6 Å². The molecule has 0 saturated heterocycles. The number of amides is 1. The van der Waals surface area contributed by atoms with Crippen LogP contribution in [0.4, 0.5) is 0 Å². The first-order chi connectivity index (χ1) is 7.54. The molecule has 0 aromatic heterocycles. The Morgan fingerprint density at radius 3 is 2.19 bits per heavy atom. The molecule has 1 amide bonds. The summed E-state index contributed by atoms with van der Waals surface area (Å²) in [5, 5.41) is 2.99. The molecule has 1 N–H and O–H groups in total. The summed E-state index contributed by atoms with van der Waals surface area (Å²) in [6.07, 6.45) is 1.00. The second-order valence-electron chi connectivity index (χ2n) is 4.56. The Labute approximate surface area is 98.1 Å². The molecule has 0 bridgehead atoms. The monoisotopic (exact) mass is 219 g/mol. The van der Waals surface area contributed by atoms with Crippen molar-refractivity contribution in [3.8, 4) is 0 Å². The highest BCUT2D eigenvalue weighted by atomic mass is 16.1. The van der Waals surface area contributed by atoms with Crippen LogP contribution in [0.1, 0.15) is 43.6 Å². The fourth-order valence-electron chi connectivity index (χ4n) is 1.35. The fourth-order valence-corrected chi connectivity index (χ4v) is 1.35. The van der Waals surface area contributed by atoms with Gasteiger partial charge < -0.3 is 5.32 Å². The maximum absolute atomic E-state index is 11.8. The second-order valence-corrected chi connectivity index (χ2v) is 4.56. The van der Waals surface area contributed by atoms with Gasteiger partial charge in [0.05, 0.1) is 0 Å². The van der Waals surface area contributed by atoms with E-state index in [9.17, 15) is 4.79 Å². The standard InChI is InChI=1S/C14H21NO/c1-5-12-6-8-13(9-7-12)14(16)15-11(4)10(2)3/h6-11H,5H2,1-4H3,(H,15,16). The lowest BCUT2D eigenvalue weighted by molar-refractivity contribution is 0.0930. The van der Waals surface area contributed by atoms with Crippen LogP contribution in [0.3, 0.4) is 0 Å². The molecule has 0 aliphatic carbocycles. The Morgan fingerprint density at radius 1 is 1.19 bits per heavy atom. The molecule has 1 rings (SSSR count).